The first kappa shape index (κ1) is 11.9. The number of nitrogens with two attached hydrogens (primary N) is 1. The number of hydrogen-bond donors (Lipinski definition) is 1. The van der Waals surface area contributed by atoms with Crippen molar-refractivity contribution >= 4 is 5.65 Å². The Morgan fingerprint density at radius 3 is 2.47 bits per heavy atom. The van der Waals surface area contributed by atoms with Crippen LogP contribution in [-0.2, 0) is 0 Å². The van der Waals surface area contributed by atoms with Crippen LogP contribution in [0.5, 0.6) is 0 Å². The molecule has 0 fully saturated rings. The summed E-state index contributed by atoms with van der Waals surface area (Å²) in [5, 5.41) is 0. The van der Waals surface area contributed by atoms with Gasteiger partial charge in [0, 0.05) is 5.69 Å². The van der Waals surface area contributed by atoms with E-state index in [-0.39, 0.29) is 6.04 Å². The van der Waals surface area contributed by atoms with E-state index in [1.807, 2.05) is 37.3 Å². The number of hydrogen-bond acceptors (Lipinski definition) is 2. The van der Waals surface area contributed by atoms with E-state index in [1.54, 1.807) is 0 Å². The van der Waals surface area contributed by atoms with Crippen LogP contribution in [0.1, 0.15) is 28.7 Å². The molecule has 0 spiro atoms. The highest BCUT2D eigenvalue weighted by Crippen LogP contribution is 2.24. The van der Waals surface area contributed by atoms with Crippen molar-refractivity contribution < 1.29 is 0 Å². The van der Waals surface area contributed by atoms with Crippen LogP contribution >= 0.6 is 0 Å². The van der Waals surface area contributed by atoms with Gasteiger partial charge in [0.05, 0.1) is 17.4 Å². The lowest BCUT2D eigenvalue weighted by Crippen LogP contribution is -2.16. The van der Waals surface area contributed by atoms with Crippen molar-refractivity contribution in [2.75, 3.05) is 0 Å². The number of pyridine rings is 1. The van der Waals surface area contributed by atoms with E-state index >= 15 is 0 Å². The fraction of sp³-hybridized carbons (Fsp3) is 0.188. The largest absolute Gasteiger partial charge is 0.319 e. The Morgan fingerprint density at radius 2 is 1.74 bits per heavy atom. The Bertz CT molecular complexity index is 713. The lowest BCUT2D eigenvalue weighted by atomic mass is 10.0. The number of fused-ring (bicyclic) bond motifs is 1. The lowest BCUT2D eigenvalue weighted by molar-refractivity contribution is 0.796. The molecule has 3 aromatic rings. The Hall–Kier alpha value is -2.13. The molecule has 0 radical (unpaired) electrons. The van der Waals surface area contributed by atoms with Gasteiger partial charge < -0.3 is 5.73 Å². The van der Waals surface area contributed by atoms with Gasteiger partial charge in [0.2, 0.25) is 0 Å². The first-order valence-corrected chi connectivity index (χ1v) is 6.43. The van der Waals surface area contributed by atoms with E-state index in [0.717, 1.165) is 28.3 Å². The van der Waals surface area contributed by atoms with Gasteiger partial charge in [0.25, 0.3) is 0 Å². The SMILES string of the molecule is Cc1nc2cccc(C)n2c1C(N)c1ccccc1. The Labute approximate surface area is 112 Å². The second-order valence-electron chi connectivity index (χ2n) is 4.83. The molecule has 0 saturated heterocycles. The summed E-state index contributed by atoms with van der Waals surface area (Å²) in [6.07, 6.45) is 0. The Morgan fingerprint density at radius 1 is 1.00 bits per heavy atom. The predicted octanol–water partition coefficient (Wildman–Crippen LogP) is 3.00. The highest BCUT2D eigenvalue weighted by atomic mass is 15.0. The molecule has 3 heteroatoms. The fourth-order valence-electron chi connectivity index (χ4n) is 2.58. The molecular formula is C16H17N3. The molecule has 2 N–H and O–H groups in total. The van der Waals surface area contributed by atoms with Crippen LogP contribution in [0, 0.1) is 13.8 Å². The molecule has 3 nitrogen and oxygen atoms in total. The molecule has 3 rings (SSSR count). The molecule has 2 aromatic heterocycles. The van der Waals surface area contributed by atoms with Crippen LogP contribution in [0.25, 0.3) is 5.65 Å². The summed E-state index contributed by atoms with van der Waals surface area (Å²) in [6, 6.07) is 16.1. The molecule has 0 aliphatic heterocycles. The van der Waals surface area contributed by atoms with Gasteiger partial charge in [0.1, 0.15) is 5.65 Å². The second-order valence-corrected chi connectivity index (χ2v) is 4.83. The predicted molar refractivity (Wildman–Crippen MR) is 77.1 cm³/mol. The van der Waals surface area contributed by atoms with Crippen LogP contribution in [0.2, 0.25) is 0 Å². The van der Waals surface area contributed by atoms with Gasteiger partial charge in [-0.3, -0.25) is 4.40 Å². The zero-order valence-electron chi connectivity index (χ0n) is 11.2. The van der Waals surface area contributed by atoms with Crippen LogP contribution < -0.4 is 5.73 Å². The third-order valence-electron chi connectivity index (χ3n) is 3.51. The zero-order valence-corrected chi connectivity index (χ0v) is 11.2. The third kappa shape index (κ3) is 1.92. The number of benzene rings is 1. The van der Waals surface area contributed by atoms with Crippen molar-refractivity contribution in [2.45, 2.75) is 19.9 Å². The van der Waals surface area contributed by atoms with Crippen molar-refractivity contribution in [2.24, 2.45) is 5.73 Å². The molecule has 0 amide bonds. The highest BCUT2D eigenvalue weighted by Gasteiger charge is 2.18. The summed E-state index contributed by atoms with van der Waals surface area (Å²) < 4.78 is 2.15. The van der Waals surface area contributed by atoms with Crippen LogP contribution in [0.15, 0.2) is 48.5 Å². The molecule has 0 bridgehead atoms. The van der Waals surface area contributed by atoms with Gasteiger partial charge >= 0.3 is 0 Å². The third-order valence-corrected chi connectivity index (χ3v) is 3.51. The zero-order chi connectivity index (χ0) is 13.4. The summed E-state index contributed by atoms with van der Waals surface area (Å²) >= 11 is 0. The molecule has 1 unspecified atom stereocenters. The van der Waals surface area contributed by atoms with E-state index in [9.17, 15) is 0 Å². The minimum absolute atomic E-state index is 0.155. The highest BCUT2D eigenvalue weighted by molar-refractivity contribution is 5.47. The lowest BCUT2D eigenvalue weighted by Gasteiger charge is -2.14. The van der Waals surface area contributed by atoms with Crippen molar-refractivity contribution in [3.8, 4) is 0 Å². The standard InChI is InChI=1S/C16H17N3/c1-11-7-6-10-14-18-12(2)16(19(11)14)15(17)13-8-4-3-5-9-13/h3-10,15H,17H2,1-2H3. The minimum Gasteiger partial charge on any atom is -0.319 e. The maximum Gasteiger partial charge on any atom is 0.137 e. The monoisotopic (exact) mass is 251 g/mol. The maximum absolute atomic E-state index is 6.44. The summed E-state index contributed by atoms with van der Waals surface area (Å²) in [7, 11) is 0. The van der Waals surface area contributed by atoms with Gasteiger partial charge in [0.15, 0.2) is 0 Å². The van der Waals surface area contributed by atoms with Crippen molar-refractivity contribution in [1.82, 2.24) is 9.38 Å². The van der Waals surface area contributed by atoms with E-state index in [0.29, 0.717) is 0 Å². The first-order valence-electron chi connectivity index (χ1n) is 6.43. The van der Waals surface area contributed by atoms with Crippen molar-refractivity contribution in [3.05, 3.63) is 71.2 Å². The van der Waals surface area contributed by atoms with Gasteiger partial charge in [-0.1, -0.05) is 36.4 Å². The van der Waals surface area contributed by atoms with Gasteiger partial charge in [-0.15, -0.1) is 0 Å². The van der Waals surface area contributed by atoms with Crippen LogP contribution in [0.3, 0.4) is 0 Å². The fourth-order valence-corrected chi connectivity index (χ4v) is 2.58. The number of imidazole rings is 1. The quantitative estimate of drug-likeness (QED) is 0.761. The summed E-state index contributed by atoms with van der Waals surface area (Å²) in [5.41, 5.74) is 11.7. The van der Waals surface area contributed by atoms with Crippen molar-refractivity contribution in [3.63, 3.8) is 0 Å². The molecule has 1 atom stereocenters. The number of aryl methyl sites for hydroxylation is 2. The summed E-state index contributed by atoms with van der Waals surface area (Å²) in [5.74, 6) is 0. The van der Waals surface area contributed by atoms with E-state index in [2.05, 4.69) is 34.5 Å². The molecule has 19 heavy (non-hydrogen) atoms. The van der Waals surface area contributed by atoms with E-state index in [1.165, 1.54) is 0 Å². The molecule has 96 valence electrons. The van der Waals surface area contributed by atoms with Crippen LogP contribution in [0.4, 0.5) is 0 Å². The topological polar surface area (TPSA) is 43.3 Å². The van der Waals surface area contributed by atoms with Crippen molar-refractivity contribution in [1.29, 1.82) is 0 Å². The normalized spacial score (nSPS) is 12.8. The van der Waals surface area contributed by atoms with Crippen LogP contribution in [-0.4, -0.2) is 9.38 Å². The molecule has 1 aromatic carbocycles. The smallest absolute Gasteiger partial charge is 0.137 e. The summed E-state index contributed by atoms with van der Waals surface area (Å²) in [4.78, 5) is 4.60. The minimum atomic E-state index is -0.155. The van der Waals surface area contributed by atoms with E-state index < -0.39 is 0 Å². The molecular weight excluding hydrogens is 234 g/mol. The first-order chi connectivity index (χ1) is 9.18. The molecule has 2 heterocycles. The number of nitrogens with zero attached hydrogens (tertiary/aromatic N) is 2. The molecule has 0 aliphatic carbocycles. The Balaban J connectivity index is 2.23. The number of rotatable bonds is 2. The number of aromatic nitrogens is 2. The van der Waals surface area contributed by atoms with Gasteiger partial charge in [-0.25, -0.2) is 4.98 Å². The second kappa shape index (κ2) is 4.52. The molecule has 0 aliphatic rings. The van der Waals surface area contributed by atoms with Gasteiger partial charge in [-0.2, -0.15) is 0 Å². The molecule has 0 saturated carbocycles. The Kier molecular flexibility index (Phi) is 2.84. The average Bonchev–Trinajstić information content (AvgIpc) is 2.76. The summed E-state index contributed by atoms with van der Waals surface area (Å²) in [6.45, 7) is 4.10. The van der Waals surface area contributed by atoms with Gasteiger partial charge in [-0.05, 0) is 31.5 Å². The van der Waals surface area contributed by atoms with E-state index in [4.69, 9.17) is 5.73 Å². The maximum atomic E-state index is 6.44. The average molecular weight is 251 g/mol.